The Morgan fingerprint density at radius 3 is 2.80 bits per heavy atom. The van der Waals surface area contributed by atoms with E-state index in [1.807, 2.05) is 45.3 Å². The first-order valence-corrected chi connectivity index (χ1v) is 7.03. The van der Waals surface area contributed by atoms with Gasteiger partial charge in [-0.3, -0.25) is 9.88 Å². The van der Waals surface area contributed by atoms with E-state index >= 15 is 0 Å². The second-order valence-corrected chi connectivity index (χ2v) is 6.22. The Morgan fingerprint density at radius 2 is 2.15 bits per heavy atom. The van der Waals surface area contributed by atoms with Crippen LogP contribution >= 0.6 is 0 Å². The van der Waals surface area contributed by atoms with E-state index in [-0.39, 0.29) is 12.1 Å². The maximum atomic E-state index is 11.7. The number of aromatic nitrogens is 1. The monoisotopic (exact) mass is 277 g/mol. The van der Waals surface area contributed by atoms with E-state index in [9.17, 15) is 4.79 Å². The molecule has 0 aliphatic carbocycles. The number of ether oxygens (including phenoxy) is 1. The molecule has 20 heavy (non-hydrogen) atoms. The number of nitrogens with zero attached hydrogens (tertiary/aromatic N) is 2. The van der Waals surface area contributed by atoms with Crippen LogP contribution in [0.5, 0.6) is 0 Å². The number of likely N-dealkylation sites (tertiary alicyclic amines) is 1. The van der Waals surface area contributed by atoms with Crippen LogP contribution in [0.4, 0.5) is 4.79 Å². The van der Waals surface area contributed by atoms with Gasteiger partial charge in [-0.05, 0) is 44.9 Å². The van der Waals surface area contributed by atoms with Gasteiger partial charge < -0.3 is 10.1 Å². The molecular weight excluding hydrogens is 254 g/mol. The zero-order chi connectivity index (χ0) is 14.6. The number of carbonyl (C=O) groups is 1. The average Bonchev–Trinajstić information content (AvgIpc) is 2.75. The Morgan fingerprint density at radius 1 is 1.45 bits per heavy atom. The first kappa shape index (κ1) is 14.8. The maximum Gasteiger partial charge on any atom is 0.407 e. The predicted molar refractivity (Wildman–Crippen MR) is 77.3 cm³/mol. The number of hydrogen-bond donors (Lipinski definition) is 1. The lowest BCUT2D eigenvalue weighted by atomic mass is 10.2. The van der Waals surface area contributed by atoms with Crippen molar-refractivity contribution < 1.29 is 9.53 Å². The minimum absolute atomic E-state index is 0.173. The molecule has 1 fully saturated rings. The lowest BCUT2D eigenvalue weighted by Gasteiger charge is -2.22. The van der Waals surface area contributed by atoms with Gasteiger partial charge in [0.2, 0.25) is 0 Å². The van der Waals surface area contributed by atoms with E-state index in [2.05, 4.69) is 15.2 Å². The van der Waals surface area contributed by atoms with Gasteiger partial charge in [0.05, 0.1) is 0 Å². The summed E-state index contributed by atoms with van der Waals surface area (Å²) in [6, 6.07) is 4.22. The largest absolute Gasteiger partial charge is 0.444 e. The minimum Gasteiger partial charge on any atom is -0.444 e. The molecule has 1 amide bonds. The summed E-state index contributed by atoms with van der Waals surface area (Å²) < 4.78 is 5.28. The van der Waals surface area contributed by atoms with Crippen molar-refractivity contribution >= 4 is 6.09 Å². The van der Waals surface area contributed by atoms with Gasteiger partial charge in [-0.25, -0.2) is 4.79 Å². The molecule has 0 saturated carbocycles. The molecule has 5 heteroatoms. The highest BCUT2D eigenvalue weighted by atomic mass is 16.6. The van der Waals surface area contributed by atoms with Gasteiger partial charge in [0.25, 0.3) is 0 Å². The van der Waals surface area contributed by atoms with Crippen LogP contribution in [0.15, 0.2) is 24.5 Å². The Kier molecular flexibility index (Phi) is 4.60. The Labute approximate surface area is 120 Å². The molecule has 1 aliphatic heterocycles. The Hall–Kier alpha value is -1.62. The highest BCUT2D eigenvalue weighted by molar-refractivity contribution is 5.68. The van der Waals surface area contributed by atoms with E-state index in [1.54, 1.807) is 0 Å². The topological polar surface area (TPSA) is 54.5 Å². The fourth-order valence-corrected chi connectivity index (χ4v) is 2.31. The van der Waals surface area contributed by atoms with Crippen LogP contribution in [-0.4, -0.2) is 40.7 Å². The molecule has 2 rings (SSSR count). The predicted octanol–water partition coefficient (Wildman–Crippen LogP) is 2.18. The molecule has 1 aliphatic rings. The zero-order valence-electron chi connectivity index (χ0n) is 12.4. The quantitative estimate of drug-likeness (QED) is 0.920. The normalized spacial score (nSPS) is 19.9. The van der Waals surface area contributed by atoms with Crippen LogP contribution in [-0.2, 0) is 11.3 Å². The second-order valence-electron chi connectivity index (χ2n) is 6.22. The molecule has 0 unspecified atom stereocenters. The van der Waals surface area contributed by atoms with Gasteiger partial charge in [-0.2, -0.15) is 0 Å². The average molecular weight is 277 g/mol. The number of amides is 1. The van der Waals surface area contributed by atoms with E-state index in [0.717, 1.165) is 26.1 Å². The molecule has 5 nitrogen and oxygen atoms in total. The van der Waals surface area contributed by atoms with Crippen molar-refractivity contribution in [1.29, 1.82) is 0 Å². The van der Waals surface area contributed by atoms with Crippen molar-refractivity contribution in [2.24, 2.45) is 0 Å². The van der Waals surface area contributed by atoms with Crippen LogP contribution in [0.1, 0.15) is 32.8 Å². The van der Waals surface area contributed by atoms with Gasteiger partial charge in [0, 0.05) is 38.1 Å². The first-order chi connectivity index (χ1) is 9.42. The minimum atomic E-state index is -0.445. The van der Waals surface area contributed by atoms with Crippen molar-refractivity contribution in [3.63, 3.8) is 0 Å². The van der Waals surface area contributed by atoms with Gasteiger partial charge in [-0.15, -0.1) is 0 Å². The summed E-state index contributed by atoms with van der Waals surface area (Å²) in [5, 5.41) is 2.94. The molecule has 1 aromatic rings. The lowest BCUT2D eigenvalue weighted by molar-refractivity contribution is 0.0506. The van der Waals surface area contributed by atoms with Gasteiger partial charge in [0.1, 0.15) is 5.60 Å². The third-order valence-corrected chi connectivity index (χ3v) is 3.15. The van der Waals surface area contributed by atoms with Gasteiger partial charge in [0.15, 0.2) is 0 Å². The van der Waals surface area contributed by atoms with Crippen molar-refractivity contribution in [1.82, 2.24) is 15.2 Å². The number of nitrogens with one attached hydrogen (secondary N) is 1. The standard InChI is InChI=1S/C15H23N3O2/c1-15(2,3)20-14(19)17-13-6-9-18(11-13)10-12-4-7-16-8-5-12/h4-5,7-8,13H,6,9-11H2,1-3H3,(H,17,19)/t13-/m0/s1. The SMILES string of the molecule is CC(C)(C)OC(=O)N[C@H]1CCN(Cc2ccncc2)C1. The van der Waals surface area contributed by atoms with E-state index in [4.69, 9.17) is 4.74 Å². The van der Waals surface area contributed by atoms with Crippen LogP contribution in [0.2, 0.25) is 0 Å². The summed E-state index contributed by atoms with van der Waals surface area (Å²) in [5.74, 6) is 0. The van der Waals surface area contributed by atoms with Gasteiger partial charge >= 0.3 is 6.09 Å². The van der Waals surface area contributed by atoms with Crippen LogP contribution < -0.4 is 5.32 Å². The summed E-state index contributed by atoms with van der Waals surface area (Å²) >= 11 is 0. The molecule has 1 aromatic heterocycles. The lowest BCUT2D eigenvalue weighted by Crippen LogP contribution is -2.40. The van der Waals surface area contributed by atoms with E-state index in [1.165, 1.54) is 5.56 Å². The number of pyridine rings is 1. The smallest absolute Gasteiger partial charge is 0.407 e. The molecule has 1 saturated heterocycles. The third-order valence-electron chi connectivity index (χ3n) is 3.15. The molecule has 0 bridgehead atoms. The first-order valence-electron chi connectivity index (χ1n) is 7.03. The highest BCUT2D eigenvalue weighted by Gasteiger charge is 2.25. The number of alkyl carbamates (subject to hydrolysis) is 1. The molecule has 0 radical (unpaired) electrons. The molecule has 0 spiro atoms. The number of hydrogen-bond acceptors (Lipinski definition) is 4. The third kappa shape index (κ3) is 4.81. The Bertz CT molecular complexity index is 442. The summed E-state index contributed by atoms with van der Waals surface area (Å²) in [6.07, 6.45) is 4.25. The summed E-state index contributed by atoms with van der Waals surface area (Å²) in [7, 11) is 0. The Balaban J connectivity index is 1.77. The second kappa shape index (κ2) is 6.22. The van der Waals surface area contributed by atoms with Crippen molar-refractivity contribution in [2.45, 2.75) is 45.4 Å². The van der Waals surface area contributed by atoms with Crippen molar-refractivity contribution in [3.8, 4) is 0 Å². The molecule has 1 atom stereocenters. The van der Waals surface area contributed by atoms with Crippen LogP contribution in [0, 0.1) is 0 Å². The number of carbonyl (C=O) groups excluding carboxylic acids is 1. The van der Waals surface area contributed by atoms with Crippen molar-refractivity contribution in [3.05, 3.63) is 30.1 Å². The van der Waals surface area contributed by atoms with E-state index < -0.39 is 5.60 Å². The molecule has 0 aromatic carbocycles. The summed E-state index contributed by atoms with van der Waals surface area (Å²) in [5.41, 5.74) is 0.803. The maximum absolute atomic E-state index is 11.7. The highest BCUT2D eigenvalue weighted by Crippen LogP contribution is 2.14. The molecule has 110 valence electrons. The number of rotatable bonds is 3. The zero-order valence-corrected chi connectivity index (χ0v) is 12.4. The molecule has 2 heterocycles. The molecule has 1 N–H and O–H groups in total. The fraction of sp³-hybridized carbons (Fsp3) is 0.600. The van der Waals surface area contributed by atoms with Gasteiger partial charge in [-0.1, -0.05) is 0 Å². The van der Waals surface area contributed by atoms with Crippen LogP contribution in [0.25, 0.3) is 0 Å². The van der Waals surface area contributed by atoms with Crippen molar-refractivity contribution in [2.75, 3.05) is 13.1 Å². The van der Waals surface area contributed by atoms with Crippen LogP contribution in [0.3, 0.4) is 0 Å². The fourth-order valence-electron chi connectivity index (χ4n) is 2.31. The summed E-state index contributed by atoms with van der Waals surface area (Å²) in [6.45, 7) is 8.37. The molecular formula is C15H23N3O2. The summed E-state index contributed by atoms with van der Waals surface area (Å²) in [4.78, 5) is 18.1. The van der Waals surface area contributed by atoms with E-state index in [0.29, 0.717) is 0 Å².